The van der Waals surface area contributed by atoms with Crippen LogP contribution in [0.1, 0.15) is 18.0 Å². The molecule has 16 heavy (non-hydrogen) atoms. The topological polar surface area (TPSA) is 37.8 Å². The Kier molecular flexibility index (Phi) is 3.13. The molecule has 0 aliphatic carbocycles. The van der Waals surface area contributed by atoms with Gasteiger partial charge in [0.25, 0.3) is 0 Å². The van der Waals surface area contributed by atoms with Crippen LogP contribution in [-0.2, 0) is 0 Å². The van der Waals surface area contributed by atoms with Gasteiger partial charge < -0.3 is 5.32 Å². The van der Waals surface area contributed by atoms with Gasteiger partial charge in [-0.05, 0) is 24.7 Å². The van der Waals surface area contributed by atoms with E-state index in [-0.39, 0.29) is 6.04 Å². The lowest BCUT2D eigenvalue weighted by atomic mass is 10.0. The van der Waals surface area contributed by atoms with Gasteiger partial charge in [0.05, 0.1) is 11.0 Å². The average Bonchev–Trinajstić information content (AvgIpc) is 2.35. The third kappa shape index (κ3) is 2.02. The first-order chi connectivity index (χ1) is 7.85. The Hall–Kier alpha value is -1.92. The molecule has 1 N–H and O–H groups in total. The van der Waals surface area contributed by atoms with Crippen LogP contribution in [0.3, 0.4) is 0 Å². The molecule has 1 aromatic heterocycles. The van der Waals surface area contributed by atoms with Crippen molar-refractivity contribution in [2.24, 2.45) is 0 Å². The number of aromatic nitrogens is 2. The van der Waals surface area contributed by atoms with Gasteiger partial charge in [-0.1, -0.05) is 6.07 Å². The minimum atomic E-state index is 0.177. The van der Waals surface area contributed by atoms with E-state index in [0.717, 1.165) is 16.6 Å². The molecular formula is C13H13N3. The van der Waals surface area contributed by atoms with E-state index in [2.05, 4.69) is 21.2 Å². The molecule has 1 unspecified atom stereocenters. The van der Waals surface area contributed by atoms with Gasteiger partial charge >= 0.3 is 0 Å². The molecule has 0 spiro atoms. The fraction of sp³-hybridized carbons (Fsp3) is 0.231. The highest BCUT2D eigenvalue weighted by Gasteiger charge is 2.08. The predicted molar refractivity (Wildman–Crippen MR) is 64.8 cm³/mol. The van der Waals surface area contributed by atoms with Gasteiger partial charge in [-0.2, -0.15) is 0 Å². The Morgan fingerprint density at radius 3 is 2.75 bits per heavy atom. The lowest BCUT2D eigenvalue weighted by Gasteiger charge is -2.13. The molecule has 0 fully saturated rings. The molecule has 0 bridgehead atoms. The summed E-state index contributed by atoms with van der Waals surface area (Å²) < 4.78 is 0. The summed E-state index contributed by atoms with van der Waals surface area (Å²) in [6, 6.07) is 6.21. The largest absolute Gasteiger partial charge is 0.312 e. The highest BCUT2D eigenvalue weighted by molar-refractivity contribution is 5.74. The van der Waals surface area contributed by atoms with Gasteiger partial charge in [0.1, 0.15) is 0 Å². The first kappa shape index (κ1) is 10.6. The molecule has 0 amide bonds. The third-order valence-electron chi connectivity index (χ3n) is 2.57. The molecule has 1 atom stereocenters. The van der Waals surface area contributed by atoms with Crippen LogP contribution in [0.4, 0.5) is 0 Å². The first-order valence-electron chi connectivity index (χ1n) is 5.16. The van der Waals surface area contributed by atoms with Crippen LogP contribution in [0, 0.1) is 12.3 Å². The van der Waals surface area contributed by atoms with E-state index in [1.54, 1.807) is 12.4 Å². The lowest BCUT2D eigenvalue weighted by Crippen LogP contribution is -2.15. The van der Waals surface area contributed by atoms with Gasteiger partial charge in [-0.3, -0.25) is 9.97 Å². The number of nitrogens with one attached hydrogen (secondary N) is 1. The summed E-state index contributed by atoms with van der Waals surface area (Å²) in [7, 11) is 1.91. The van der Waals surface area contributed by atoms with Crippen molar-refractivity contribution in [2.75, 3.05) is 7.05 Å². The Morgan fingerprint density at radius 2 is 2.06 bits per heavy atom. The van der Waals surface area contributed by atoms with Crippen molar-refractivity contribution in [3.05, 3.63) is 36.2 Å². The van der Waals surface area contributed by atoms with E-state index in [1.165, 1.54) is 0 Å². The van der Waals surface area contributed by atoms with Crippen molar-refractivity contribution in [3.8, 4) is 12.3 Å². The summed E-state index contributed by atoms with van der Waals surface area (Å²) in [5.74, 6) is 2.67. The van der Waals surface area contributed by atoms with Crippen LogP contribution >= 0.6 is 0 Å². The van der Waals surface area contributed by atoms with Crippen molar-refractivity contribution in [1.29, 1.82) is 0 Å². The van der Waals surface area contributed by atoms with E-state index in [1.807, 2.05) is 25.2 Å². The zero-order valence-corrected chi connectivity index (χ0v) is 9.14. The van der Waals surface area contributed by atoms with Gasteiger partial charge in [-0.15, -0.1) is 12.3 Å². The van der Waals surface area contributed by atoms with Gasteiger partial charge in [0, 0.05) is 24.9 Å². The molecular weight excluding hydrogens is 198 g/mol. The van der Waals surface area contributed by atoms with Crippen LogP contribution in [0.15, 0.2) is 30.6 Å². The summed E-state index contributed by atoms with van der Waals surface area (Å²) in [4.78, 5) is 8.51. The smallest absolute Gasteiger partial charge is 0.0890 e. The molecule has 80 valence electrons. The van der Waals surface area contributed by atoms with Crippen LogP contribution in [0.5, 0.6) is 0 Å². The molecule has 3 heteroatoms. The second kappa shape index (κ2) is 4.73. The summed E-state index contributed by atoms with van der Waals surface area (Å²) in [5, 5.41) is 3.19. The summed E-state index contributed by atoms with van der Waals surface area (Å²) in [6.45, 7) is 0. The second-order valence-electron chi connectivity index (χ2n) is 3.55. The normalized spacial score (nSPS) is 12.2. The fourth-order valence-corrected chi connectivity index (χ4v) is 1.70. The Labute approximate surface area is 94.9 Å². The minimum Gasteiger partial charge on any atom is -0.312 e. The van der Waals surface area contributed by atoms with Crippen LogP contribution < -0.4 is 5.32 Å². The first-order valence-corrected chi connectivity index (χ1v) is 5.16. The molecule has 2 aromatic rings. The standard InChI is InChI=1S/C13H13N3/c1-3-4-11(14-2)10-5-6-12-13(9-10)16-8-7-15-12/h1,5-9,11,14H,4H2,2H3. The van der Waals surface area contributed by atoms with Crippen molar-refractivity contribution in [3.63, 3.8) is 0 Å². The monoisotopic (exact) mass is 211 g/mol. The number of hydrogen-bond donors (Lipinski definition) is 1. The molecule has 3 nitrogen and oxygen atoms in total. The van der Waals surface area contributed by atoms with Crippen molar-refractivity contribution >= 4 is 11.0 Å². The third-order valence-corrected chi connectivity index (χ3v) is 2.57. The Bertz CT molecular complexity index is 528. The van der Waals surface area contributed by atoms with Crippen molar-refractivity contribution in [1.82, 2.24) is 15.3 Å². The second-order valence-corrected chi connectivity index (χ2v) is 3.55. The van der Waals surface area contributed by atoms with E-state index in [0.29, 0.717) is 6.42 Å². The van der Waals surface area contributed by atoms with Crippen molar-refractivity contribution < 1.29 is 0 Å². The molecule has 0 aliphatic heterocycles. The zero-order valence-electron chi connectivity index (χ0n) is 9.14. The number of terminal acetylenes is 1. The zero-order chi connectivity index (χ0) is 11.4. The van der Waals surface area contributed by atoms with Crippen LogP contribution in [0.2, 0.25) is 0 Å². The Morgan fingerprint density at radius 1 is 1.31 bits per heavy atom. The highest BCUT2D eigenvalue weighted by Crippen LogP contribution is 2.19. The summed E-state index contributed by atoms with van der Waals surface area (Å²) in [6.07, 6.45) is 9.40. The number of fused-ring (bicyclic) bond motifs is 1. The maximum Gasteiger partial charge on any atom is 0.0890 e. The molecule has 1 heterocycles. The SMILES string of the molecule is C#CCC(NC)c1ccc2nccnc2c1. The maximum absolute atomic E-state index is 5.34. The average molecular weight is 211 g/mol. The van der Waals surface area contributed by atoms with E-state index < -0.39 is 0 Å². The number of benzene rings is 1. The minimum absolute atomic E-state index is 0.177. The van der Waals surface area contributed by atoms with Crippen LogP contribution in [0.25, 0.3) is 11.0 Å². The highest BCUT2D eigenvalue weighted by atomic mass is 14.9. The molecule has 2 rings (SSSR count). The van der Waals surface area contributed by atoms with E-state index in [9.17, 15) is 0 Å². The van der Waals surface area contributed by atoms with Gasteiger partial charge in [-0.25, -0.2) is 0 Å². The van der Waals surface area contributed by atoms with E-state index >= 15 is 0 Å². The number of hydrogen-bond acceptors (Lipinski definition) is 3. The maximum atomic E-state index is 5.34. The molecule has 0 aliphatic rings. The Balaban J connectivity index is 2.42. The quantitative estimate of drug-likeness (QED) is 0.788. The molecule has 1 aromatic carbocycles. The fourth-order valence-electron chi connectivity index (χ4n) is 1.70. The summed E-state index contributed by atoms with van der Waals surface area (Å²) in [5.41, 5.74) is 2.95. The molecule has 0 saturated carbocycles. The number of nitrogens with zero attached hydrogens (tertiary/aromatic N) is 2. The summed E-state index contributed by atoms with van der Waals surface area (Å²) >= 11 is 0. The van der Waals surface area contributed by atoms with Crippen LogP contribution in [-0.4, -0.2) is 17.0 Å². The van der Waals surface area contributed by atoms with Gasteiger partial charge in [0.15, 0.2) is 0 Å². The number of rotatable bonds is 3. The van der Waals surface area contributed by atoms with Gasteiger partial charge in [0.2, 0.25) is 0 Å². The molecule has 0 radical (unpaired) electrons. The molecule has 0 saturated heterocycles. The lowest BCUT2D eigenvalue weighted by molar-refractivity contribution is 0.612. The van der Waals surface area contributed by atoms with E-state index in [4.69, 9.17) is 6.42 Å². The van der Waals surface area contributed by atoms with Crippen molar-refractivity contribution in [2.45, 2.75) is 12.5 Å². The predicted octanol–water partition coefficient (Wildman–Crippen LogP) is 1.91.